The number of para-hydroxylation sites is 1. The smallest absolute Gasteiger partial charge is 0.387 e. The van der Waals surface area contributed by atoms with Gasteiger partial charge >= 0.3 is 6.61 Å². The van der Waals surface area contributed by atoms with Crippen LogP contribution in [-0.2, 0) is 13.1 Å². The Labute approximate surface area is 164 Å². The molecule has 0 bridgehead atoms. The molecule has 150 valence electrons. The number of halogens is 2. The molecule has 2 aromatic rings. The van der Waals surface area contributed by atoms with Gasteiger partial charge < -0.3 is 10.1 Å². The number of carbonyl (C=O) groups is 1. The van der Waals surface area contributed by atoms with Gasteiger partial charge in [0.2, 0.25) is 0 Å². The summed E-state index contributed by atoms with van der Waals surface area (Å²) in [5.41, 5.74) is 2.31. The minimum absolute atomic E-state index is 0.0978. The van der Waals surface area contributed by atoms with E-state index in [0.717, 1.165) is 25.2 Å². The molecule has 2 aromatic carbocycles. The van der Waals surface area contributed by atoms with Gasteiger partial charge in [0.25, 0.3) is 5.91 Å². The molecule has 0 unspecified atom stereocenters. The highest BCUT2D eigenvalue weighted by Crippen LogP contribution is 2.20. The average Bonchev–Trinajstić information content (AvgIpc) is 2.96. The van der Waals surface area contributed by atoms with Crippen LogP contribution in [0, 0.1) is 0 Å². The van der Waals surface area contributed by atoms with Crippen LogP contribution in [0.4, 0.5) is 8.78 Å². The summed E-state index contributed by atoms with van der Waals surface area (Å²) in [6.07, 6.45) is 5.17. The van der Waals surface area contributed by atoms with Crippen molar-refractivity contribution in [1.29, 1.82) is 0 Å². The van der Waals surface area contributed by atoms with E-state index in [1.165, 1.54) is 43.4 Å². The maximum Gasteiger partial charge on any atom is 0.387 e. The molecule has 1 N–H and O–H groups in total. The molecule has 1 heterocycles. The summed E-state index contributed by atoms with van der Waals surface area (Å²) in [6, 6.07) is 14.2. The molecule has 3 rings (SSSR count). The second-order valence-electron chi connectivity index (χ2n) is 7.06. The lowest BCUT2D eigenvalue weighted by Crippen LogP contribution is -2.24. The molecule has 0 spiro atoms. The number of nitrogens with zero attached hydrogens (tertiary/aromatic N) is 1. The van der Waals surface area contributed by atoms with Crippen molar-refractivity contribution >= 4 is 5.91 Å². The van der Waals surface area contributed by atoms with Gasteiger partial charge in [-0.05, 0) is 49.2 Å². The van der Waals surface area contributed by atoms with Gasteiger partial charge in [-0.3, -0.25) is 9.69 Å². The van der Waals surface area contributed by atoms with Gasteiger partial charge in [-0.2, -0.15) is 8.78 Å². The number of hydrogen-bond acceptors (Lipinski definition) is 3. The Kier molecular flexibility index (Phi) is 7.37. The van der Waals surface area contributed by atoms with Crippen LogP contribution in [-0.4, -0.2) is 30.5 Å². The lowest BCUT2D eigenvalue weighted by molar-refractivity contribution is -0.0501. The summed E-state index contributed by atoms with van der Waals surface area (Å²) in [6.45, 7) is 0.609. The minimum atomic E-state index is -2.97. The van der Waals surface area contributed by atoms with Gasteiger partial charge in [-0.15, -0.1) is 0 Å². The first-order valence-corrected chi connectivity index (χ1v) is 9.74. The van der Waals surface area contributed by atoms with Gasteiger partial charge in [0.15, 0.2) is 0 Å². The number of rotatable bonds is 7. The van der Waals surface area contributed by atoms with E-state index in [1.807, 2.05) is 12.1 Å². The Morgan fingerprint density at radius 1 is 0.964 bits per heavy atom. The number of amides is 1. The molecular formula is C22H26F2N2O2. The third-order valence-electron chi connectivity index (χ3n) is 4.93. The van der Waals surface area contributed by atoms with E-state index in [0.29, 0.717) is 6.54 Å². The van der Waals surface area contributed by atoms with Crippen molar-refractivity contribution in [2.24, 2.45) is 0 Å². The van der Waals surface area contributed by atoms with Crippen LogP contribution in [0.2, 0.25) is 0 Å². The highest BCUT2D eigenvalue weighted by Gasteiger charge is 2.15. The Morgan fingerprint density at radius 3 is 2.29 bits per heavy atom. The number of likely N-dealkylation sites (tertiary alicyclic amines) is 1. The predicted octanol–water partition coefficient (Wildman–Crippen LogP) is 4.59. The van der Waals surface area contributed by atoms with E-state index >= 15 is 0 Å². The second-order valence-corrected chi connectivity index (χ2v) is 7.06. The SMILES string of the molecule is O=C(NCc1ccc(CN2CCCCCC2)cc1)c1ccccc1OC(F)F. The van der Waals surface area contributed by atoms with Crippen LogP contribution in [0.5, 0.6) is 5.75 Å². The van der Waals surface area contributed by atoms with E-state index in [9.17, 15) is 13.6 Å². The van der Waals surface area contributed by atoms with Crippen LogP contribution in [0.25, 0.3) is 0 Å². The number of hydrogen-bond donors (Lipinski definition) is 1. The van der Waals surface area contributed by atoms with Crippen LogP contribution >= 0.6 is 0 Å². The average molecular weight is 388 g/mol. The summed E-state index contributed by atoms with van der Waals surface area (Å²) >= 11 is 0. The van der Waals surface area contributed by atoms with E-state index in [1.54, 1.807) is 12.1 Å². The molecule has 1 fully saturated rings. The molecule has 28 heavy (non-hydrogen) atoms. The highest BCUT2D eigenvalue weighted by molar-refractivity contribution is 5.96. The van der Waals surface area contributed by atoms with Gasteiger partial charge in [-0.1, -0.05) is 49.2 Å². The molecule has 1 amide bonds. The molecule has 0 aromatic heterocycles. The lowest BCUT2D eigenvalue weighted by Gasteiger charge is -2.19. The highest BCUT2D eigenvalue weighted by atomic mass is 19.3. The zero-order valence-electron chi connectivity index (χ0n) is 15.9. The Bertz CT molecular complexity index is 757. The third kappa shape index (κ3) is 6.02. The van der Waals surface area contributed by atoms with Crippen molar-refractivity contribution in [2.45, 2.75) is 45.4 Å². The summed E-state index contributed by atoms with van der Waals surface area (Å²) in [7, 11) is 0. The molecule has 4 nitrogen and oxygen atoms in total. The molecule has 1 saturated heterocycles. The normalized spacial score (nSPS) is 15.2. The first-order valence-electron chi connectivity index (χ1n) is 9.74. The summed E-state index contributed by atoms with van der Waals surface area (Å²) < 4.78 is 29.4. The zero-order valence-corrected chi connectivity index (χ0v) is 15.9. The van der Waals surface area contributed by atoms with E-state index in [2.05, 4.69) is 27.1 Å². The van der Waals surface area contributed by atoms with E-state index in [-0.39, 0.29) is 11.3 Å². The second kappa shape index (κ2) is 10.2. The molecular weight excluding hydrogens is 362 g/mol. The number of ether oxygens (including phenoxy) is 1. The van der Waals surface area contributed by atoms with Crippen LogP contribution < -0.4 is 10.1 Å². The Hall–Kier alpha value is -2.47. The molecule has 0 aliphatic carbocycles. The van der Waals surface area contributed by atoms with Crippen LogP contribution in [0.1, 0.15) is 47.2 Å². The van der Waals surface area contributed by atoms with Crippen molar-refractivity contribution in [3.05, 3.63) is 65.2 Å². The first-order chi connectivity index (χ1) is 13.6. The van der Waals surface area contributed by atoms with Crippen LogP contribution in [0.15, 0.2) is 48.5 Å². The maximum atomic E-state index is 12.5. The molecule has 0 saturated carbocycles. The standard InChI is InChI=1S/C22H26F2N2O2/c23-22(24)28-20-8-4-3-7-19(20)21(27)25-15-17-9-11-18(12-10-17)16-26-13-5-1-2-6-14-26/h3-4,7-12,22H,1-2,5-6,13-16H2,(H,25,27). The molecule has 1 aliphatic rings. The fourth-order valence-corrected chi connectivity index (χ4v) is 3.45. The fraction of sp³-hybridized carbons (Fsp3) is 0.409. The van der Waals surface area contributed by atoms with Gasteiger partial charge in [0.1, 0.15) is 5.75 Å². The fourth-order valence-electron chi connectivity index (χ4n) is 3.45. The largest absolute Gasteiger partial charge is 0.434 e. The predicted molar refractivity (Wildman–Crippen MR) is 104 cm³/mol. The monoisotopic (exact) mass is 388 g/mol. The minimum Gasteiger partial charge on any atom is -0.434 e. The topological polar surface area (TPSA) is 41.6 Å². The third-order valence-corrected chi connectivity index (χ3v) is 4.93. The Balaban J connectivity index is 1.54. The lowest BCUT2D eigenvalue weighted by atomic mass is 10.1. The van der Waals surface area contributed by atoms with Gasteiger partial charge in [-0.25, -0.2) is 0 Å². The van der Waals surface area contributed by atoms with E-state index in [4.69, 9.17) is 0 Å². The zero-order chi connectivity index (χ0) is 19.8. The Morgan fingerprint density at radius 2 is 1.61 bits per heavy atom. The summed E-state index contributed by atoms with van der Waals surface area (Å²) in [5, 5.41) is 2.76. The first kappa shape index (κ1) is 20.3. The molecule has 6 heteroatoms. The summed E-state index contributed by atoms with van der Waals surface area (Å²) in [5.74, 6) is -0.562. The van der Waals surface area contributed by atoms with Gasteiger partial charge in [0.05, 0.1) is 5.56 Å². The van der Waals surface area contributed by atoms with Crippen molar-refractivity contribution in [1.82, 2.24) is 10.2 Å². The molecule has 0 atom stereocenters. The van der Waals surface area contributed by atoms with Crippen molar-refractivity contribution in [3.8, 4) is 5.75 Å². The number of carbonyl (C=O) groups excluding carboxylic acids is 1. The van der Waals surface area contributed by atoms with Crippen molar-refractivity contribution in [3.63, 3.8) is 0 Å². The van der Waals surface area contributed by atoms with Crippen molar-refractivity contribution in [2.75, 3.05) is 13.1 Å². The molecule has 1 aliphatic heterocycles. The maximum absolute atomic E-state index is 12.5. The quantitative estimate of drug-likeness (QED) is 0.754. The van der Waals surface area contributed by atoms with E-state index < -0.39 is 12.5 Å². The summed E-state index contributed by atoms with van der Waals surface area (Å²) in [4.78, 5) is 14.8. The van der Waals surface area contributed by atoms with Crippen molar-refractivity contribution < 1.29 is 18.3 Å². The number of alkyl halides is 2. The number of benzene rings is 2. The number of nitrogens with one attached hydrogen (secondary N) is 1. The van der Waals surface area contributed by atoms with Gasteiger partial charge in [0, 0.05) is 13.1 Å². The molecule has 0 radical (unpaired) electrons. The van der Waals surface area contributed by atoms with Crippen LogP contribution in [0.3, 0.4) is 0 Å².